The Kier molecular flexibility index (Phi) is 8.39. The molecule has 0 aliphatic heterocycles. The second-order valence-electron chi connectivity index (χ2n) is 6.03. The molecule has 0 aliphatic carbocycles. The van der Waals surface area contributed by atoms with Crippen LogP contribution in [0.5, 0.6) is 17.2 Å². The van der Waals surface area contributed by atoms with Gasteiger partial charge in [0.05, 0.1) is 21.3 Å². The van der Waals surface area contributed by atoms with Crippen molar-refractivity contribution in [2.75, 3.05) is 41.5 Å². The highest BCUT2D eigenvalue weighted by molar-refractivity contribution is 5.79. The summed E-state index contributed by atoms with van der Waals surface area (Å²) in [5.74, 6) is 2.56. The second kappa shape index (κ2) is 11.0. The predicted molar refractivity (Wildman–Crippen MR) is 109 cm³/mol. The molecule has 2 aromatic carbocycles. The van der Waals surface area contributed by atoms with Gasteiger partial charge >= 0.3 is 0 Å². The zero-order chi connectivity index (χ0) is 20.4. The number of rotatable bonds is 9. The summed E-state index contributed by atoms with van der Waals surface area (Å²) in [7, 11) is 6.54. The van der Waals surface area contributed by atoms with Crippen LogP contribution >= 0.6 is 0 Å². The van der Waals surface area contributed by atoms with Gasteiger partial charge in [-0.25, -0.2) is 4.39 Å². The maximum Gasteiger partial charge on any atom is 0.190 e. The summed E-state index contributed by atoms with van der Waals surface area (Å²) >= 11 is 0. The topological polar surface area (TPSA) is 64.1 Å². The van der Waals surface area contributed by atoms with Gasteiger partial charge in [-0.2, -0.15) is 0 Å². The Labute approximate surface area is 165 Å². The van der Waals surface area contributed by atoms with Crippen molar-refractivity contribution in [2.45, 2.75) is 12.8 Å². The van der Waals surface area contributed by atoms with Gasteiger partial charge in [0.1, 0.15) is 23.1 Å². The lowest BCUT2D eigenvalue weighted by Crippen LogP contribution is -2.39. The SMILES string of the molecule is CN=C(NCCc1ccccc1F)NCCc1c(OC)cc(OC)cc1OC. The molecule has 2 rings (SSSR count). The molecule has 0 spiro atoms. The first-order valence-electron chi connectivity index (χ1n) is 9.09. The van der Waals surface area contributed by atoms with Crippen LogP contribution in [0.2, 0.25) is 0 Å². The first-order valence-corrected chi connectivity index (χ1v) is 9.09. The van der Waals surface area contributed by atoms with Crippen molar-refractivity contribution in [3.63, 3.8) is 0 Å². The minimum Gasteiger partial charge on any atom is -0.496 e. The van der Waals surface area contributed by atoms with Gasteiger partial charge in [0.25, 0.3) is 0 Å². The molecule has 0 amide bonds. The Bertz CT molecular complexity index is 771. The number of nitrogens with one attached hydrogen (secondary N) is 2. The Morgan fingerprint density at radius 1 is 0.929 bits per heavy atom. The highest BCUT2D eigenvalue weighted by Crippen LogP contribution is 2.34. The van der Waals surface area contributed by atoms with Crippen molar-refractivity contribution in [2.24, 2.45) is 4.99 Å². The summed E-state index contributed by atoms with van der Waals surface area (Å²) in [6.45, 7) is 1.20. The molecule has 0 saturated heterocycles. The lowest BCUT2D eigenvalue weighted by atomic mass is 10.1. The molecule has 6 nitrogen and oxygen atoms in total. The lowest BCUT2D eigenvalue weighted by molar-refractivity contribution is 0.368. The monoisotopic (exact) mass is 389 g/mol. The molecule has 0 unspecified atom stereocenters. The summed E-state index contributed by atoms with van der Waals surface area (Å²) in [6, 6.07) is 10.4. The molecule has 2 N–H and O–H groups in total. The van der Waals surface area contributed by atoms with Gasteiger partial charge in [0.2, 0.25) is 0 Å². The molecule has 0 bridgehead atoms. The fourth-order valence-electron chi connectivity index (χ4n) is 2.87. The third-order valence-electron chi connectivity index (χ3n) is 4.35. The molecular formula is C21H28FN3O3. The number of benzene rings is 2. The Morgan fingerprint density at radius 3 is 2.07 bits per heavy atom. The van der Waals surface area contributed by atoms with Gasteiger partial charge in [0.15, 0.2) is 5.96 Å². The number of nitrogens with zero attached hydrogens (tertiary/aromatic N) is 1. The van der Waals surface area contributed by atoms with E-state index in [1.807, 2.05) is 18.2 Å². The van der Waals surface area contributed by atoms with Crippen molar-refractivity contribution in [1.82, 2.24) is 10.6 Å². The smallest absolute Gasteiger partial charge is 0.190 e. The number of methoxy groups -OCH3 is 3. The largest absolute Gasteiger partial charge is 0.496 e. The van der Waals surface area contributed by atoms with E-state index in [2.05, 4.69) is 15.6 Å². The Balaban J connectivity index is 1.90. The maximum atomic E-state index is 13.7. The van der Waals surface area contributed by atoms with E-state index in [0.717, 1.165) is 5.56 Å². The van der Waals surface area contributed by atoms with Crippen LogP contribution in [0.15, 0.2) is 41.4 Å². The van der Waals surface area contributed by atoms with E-state index in [4.69, 9.17) is 14.2 Å². The van der Waals surface area contributed by atoms with Crippen LogP contribution in [0.25, 0.3) is 0 Å². The lowest BCUT2D eigenvalue weighted by Gasteiger charge is -2.16. The van der Waals surface area contributed by atoms with Gasteiger partial charge in [0, 0.05) is 37.8 Å². The molecule has 0 fully saturated rings. The van der Waals surface area contributed by atoms with Gasteiger partial charge in [-0.1, -0.05) is 18.2 Å². The molecular weight excluding hydrogens is 361 g/mol. The first kappa shape index (κ1) is 21.3. The molecule has 0 radical (unpaired) electrons. The van der Waals surface area contributed by atoms with Gasteiger partial charge in [-0.15, -0.1) is 0 Å². The summed E-state index contributed by atoms with van der Waals surface area (Å²) < 4.78 is 29.9. The number of halogens is 1. The van der Waals surface area contributed by atoms with Crippen molar-refractivity contribution >= 4 is 5.96 Å². The maximum absolute atomic E-state index is 13.7. The van der Waals surface area contributed by atoms with E-state index in [1.54, 1.807) is 40.5 Å². The van der Waals surface area contributed by atoms with Crippen LogP contribution in [0.4, 0.5) is 4.39 Å². The van der Waals surface area contributed by atoms with Crippen LogP contribution in [0, 0.1) is 5.82 Å². The van der Waals surface area contributed by atoms with E-state index in [-0.39, 0.29) is 5.82 Å². The third-order valence-corrected chi connectivity index (χ3v) is 4.35. The Hall–Kier alpha value is -2.96. The highest BCUT2D eigenvalue weighted by Gasteiger charge is 2.13. The first-order chi connectivity index (χ1) is 13.6. The van der Waals surface area contributed by atoms with Crippen LogP contribution in [0.3, 0.4) is 0 Å². The standard InChI is InChI=1S/C21H28FN3O3/c1-23-21(24-11-9-15-7-5-6-8-18(15)22)25-12-10-17-19(27-3)13-16(26-2)14-20(17)28-4/h5-8,13-14H,9-12H2,1-4H3,(H2,23,24,25). The van der Waals surface area contributed by atoms with Crippen molar-refractivity contribution < 1.29 is 18.6 Å². The molecule has 2 aromatic rings. The number of hydrogen-bond donors (Lipinski definition) is 2. The van der Waals surface area contributed by atoms with E-state index in [9.17, 15) is 4.39 Å². The molecule has 152 valence electrons. The molecule has 0 aromatic heterocycles. The van der Waals surface area contributed by atoms with Crippen molar-refractivity contribution in [1.29, 1.82) is 0 Å². The molecule has 0 saturated carbocycles. The van der Waals surface area contributed by atoms with E-state index in [0.29, 0.717) is 54.7 Å². The minimum atomic E-state index is -0.189. The molecule has 0 atom stereocenters. The number of guanidine groups is 1. The second-order valence-corrected chi connectivity index (χ2v) is 6.03. The fourth-order valence-corrected chi connectivity index (χ4v) is 2.87. The van der Waals surface area contributed by atoms with Crippen LogP contribution < -0.4 is 24.8 Å². The Morgan fingerprint density at radius 2 is 1.54 bits per heavy atom. The van der Waals surface area contributed by atoms with E-state index >= 15 is 0 Å². The average Bonchev–Trinajstić information content (AvgIpc) is 2.73. The average molecular weight is 389 g/mol. The summed E-state index contributed by atoms with van der Waals surface area (Å²) in [4.78, 5) is 4.20. The molecule has 0 aliphatic rings. The molecule has 0 heterocycles. The minimum absolute atomic E-state index is 0.189. The summed E-state index contributed by atoms with van der Waals surface area (Å²) in [6.07, 6.45) is 1.25. The third kappa shape index (κ3) is 5.77. The van der Waals surface area contributed by atoms with Crippen molar-refractivity contribution in [3.8, 4) is 17.2 Å². The summed E-state index contributed by atoms with van der Waals surface area (Å²) in [5.41, 5.74) is 1.62. The molecule has 7 heteroatoms. The van der Waals surface area contributed by atoms with Gasteiger partial charge in [-0.05, 0) is 24.5 Å². The zero-order valence-electron chi connectivity index (χ0n) is 16.8. The van der Waals surface area contributed by atoms with Crippen LogP contribution in [-0.2, 0) is 12.8 Å². The quantitative estimate of drug-likeness (QED) is 0.510. The number of hydrogen-bond acceptors (Lipinski definition) is 4. The summed E-state index contributed by atoms with van der Waals surface area (Å²) in [5, 5.41) is 6.45. The zero-order valence-corrected chi connectivity index (χ0v) is 16.8. The van der Waals surface area contributed by atoms with Crippen LogP contribution in [-0.4, -0.2) is 47.4 Å². The van der Waals surface area contributed by atoms with E-state index < -0.39 is 0 Å². The number of aliphatic imine (C=N–C) groups is 1. The predicted octanol–water partition coefficient (Wildman–Crippen LogP) is 2.80. The number of ether oxygens (including phenoxy) is 3. The van der Waals surface area contributed by atoms with Gasteiger partial charge < -0.3 is 24.8 Å². The van der Waals surface area contributed by atoms with Crippen LogP contribution in [0.1, 0.15) is 11.1 Å². The highest BCUT2D eigenvalue weighted by atomic mass is 19.1. The molecule has 28 heavy (non-hydrogen) atoms. The fraction of sp³-hybridized carbons (Fsp3) is 0.381. The van der Waals surface area contributed by atoms with Crippen molar-refractivity contribution in [3.05, 3.63) is 53.3 Å². The van der Waals surface area contributed by atoms with E-state index in [1.165, 1.54) is 6.07 Å². The normalized spacial score (nSPS) is 11.1. The van der Waals surface area contributed by atoms with Gasteiger partial charge in [-0.3, -0.25) is 4.99 Å².